The minimum atomic E-state index is -0.687. The molecule has 0 aliphatic heterocycles. The van der Waals surface area contributed by atoms with Gasteiger partial charge in [-0.2, -0.15) is 0 Å². The first-order valence-electron chi connectivity index (χ1n) is 11.8. The Morgan fingerprint density at radius 1 is 0.829 bits per heavy atom. The van der Waals surface area contributed by atoms with Crippen LogP contribution in [0.1, 0.15) is 41.7 Å². The highest BCUT2D eigenvalue weighted by Gasteiger charge is 2.31. The van der Waals surface area contributed by atoms with Crippen molar-refractivity contribution in [1.82, 2.24) is 10.2 Å². The van der Waals surface area contributed by atoms with Crippen LogP contribution < -0.4 is 5.32 Å². The Morgan fingerprint density at radius 2 is 1.49 bits per heavy atom. The lowest BCUT2D eigenvalue weighted by Gasteiger charge is -2.32. The van der Waals surface area contributed by atoms with Crippen molar-refractivity contribution in [2.75, 3.05) is 0 Å². The number of nitrogens with zero attached hydrogens (tertiary/aromatic N) is 1. The first kappa shape index (κ1) is 26.8. The molecular weight excluding hydrogens is 479 g/mol. The van der Waals surface area contributed by atoms with Crippen LogP contribution in [-0.2, 0) is 29.0 Å². The van der Waals surface area contributed by atoms with Crippen molar-refractivity contribution in [3.63, 3.8) is 0 Å². The smallest absolute Gasteiger partial charge is 0.243 e. The van der Waals surface area contributed by atoms with Gasteiger partial charge in [0.2, 0.25) is 11.8 Å². The molecule has 3 rings (SSSR count). The number of halogens is 2. The van der Waals surface area contributed by atoms with Gasteiger partial charge in [0.25, 0.3) is 0 Å². The van der Waals surface area contributed by atoms with E-state index in [0.29, 0.717) is 16.5 Å². The minimum absolute atomic E-state index is 0.0536. The first-order chi connectivity index (χ1) is 16.6. The molecule has 0 radical (unpaired) electrons. The summed E-state index contributed by atoms with van der Waals surface area (Å²) in [7, 11) is 0. The number of carbonyl (C=O) groups excluding carboxylic acids is 2. The van der Waals surface area contributed by atoms with Crippen molar-refractivity contribution < 1.29 is 9.59 Å². The molecule has 0 aliphatic carbocycles. The number of nitrogens with one attached hydrogen (secondary N) is 1. The van der Waals surface area contributed by atoms with E-state index >= 15 is 0 Å². The Labute approximate surface area is 218 Å². The van der Waals surface area contributed by atoms with Crippen molar-refractivity contribution in [1.29, 1.82) is 0 Å². The Kier molecular flexibility index (Phi) is 9.36. The average molecular weight is 511 g/mol. The lowest BCUT2D eigenvalue weighted by molar-refractivity contribution is -0.141. The number of carbonyl (C=O) groups is 2. The summed E-state index contributed by atoms with van der Waals surface area (Å²) in [5.41, 5.74) is 4.91. The van der Waals surface area contributed by atoms with Crippen molar-refractivity contribution in [3.05, 3.63) is 105 Å². The third-order valence-electron chi connectivity index (χ3n) is 5.68. The van der Waals surface area contributed by atoms with Gasteiger partial charge in [0.05, 0.1) is 16.5 Å². The Bertz CT molecular complexity index is 1160. The fourth-order valence-corrected chi connectivity index (χ4v) is 4.54. The molecule has 0 unspecified atom stereocenters. The second-order valence-electron chi connectivity index (χ2n) is 9.31. The highest BCUT2D eigenvalue weighted by molar-refractivity contribution is 6.42. The van der Waals surface area contributed by atoms with Gasteiger partial charge in [-0.1, -0.05) is 88.9 Å². The number of benzene rings is 3. The van der Waals surface area contributed by atoms with E-state index in [4.69, 9.17) is 23.2 Å². The van der Waals surface area contributed by atoms with Crippen LogP contribution in [0.4, 0.5) is 0 Å². The SMILES string of the molecule is Cc1cc(C)cc(CC(=O)N(Cc2ccc(Cl)c(Cl)c2)[C@H](Cc2ccccc2)C(=O)NC(C)C)c1. The zero-order chi connectivity index (χ0) is 25.5. The fraction of sp³-hybridized carbons (Fsp3) is 0.310. The molecule has 2 amide bonds. The average Bonchev–Trinajstić information content (AvgIpc) is 2.78. The molecular formula is C29H32Cl2N2O2. The standard InChI is InChI=1S/C29H32Cl2N2O2/c1-19(2)32-29(35)27(16-22-8-6-5-7-9-22)33(18-23-10-11-25(30)26(31)15-23)28(34)17-24-13-20(3)12-21(4)14-24/h5-15,19,27H,16-18H2,1-4H3,(H,32,35)/t27-/m1/s1. The third-order valence-corrected chi connectivity index (χ3v) is 6.41. The lowest BCUT2D eigenvalue weighted by Crippen LogP contribution is -2.52. The van der Waals surface area contributed by atoms with Crippen LogP contribution in [0.2, 0.25) is 10.0 Å². The maximum Gasteiger partial charge on any atom is 0.243 e. The Balaban J connectivity index is 2.00. The lowest BCUT2D eigenvalue weighted by atomic mass is 10.00. The molecule has 0 spiro atoms. The minimum Gasteiger partial charge on any atom is -0.352 e. The predicted octanol–water partition coefficient (Wildman–Crippen LogP) is 6.32. The van der Waals surface area contributed by atoms with Gasteiger partial charge in [0, 0.05) is 19.0 Å². The maximum absolute atomic E-state index is 13.8. The second kappa shape index (κ2) is 12.2. The molecule has 35 heavy (non-hydrogen) atoms. The number of aryl methyl sites for hydroxylation is 2. The van der Waals surface area contributed by atoms with E-state index in [-0.39, 0.29) is 30.8 Å². The van der Waals surface area contributed by atoms with Gasteiger partial charge in [0.1, 0.15) is 6.04 Å². The van der Waals surface area contributed by atoms with E-state index in [2.05, 4.69) is 11.4 Å². The van der Waals surface area contributed by atoms with Gasteiger partial charge in [0.15, 0.2) is 0 Å². The summed E-state index contributed by atoms with van der Waals surface area (Å²) in [5, 5.41) is 3.87. The molecule has 184 valence electrons. The summed E-state index contributed by atoms with van der Waals surface area (Å²) in [6.07, 6.45) is 0.601. The Hall–Kier alpha value is -2.82. The third kappa shape index (κ3) is 7.84. The molecule has 0 fully saturated rings. The Morgan fingerprint density at radius 3 is 2.09 bits per heavy atom. The van der Waals surface area contributed by atoms with Crippen molar-refractivity contribution in [3.8, 4) is 0 Å². The zero-order valence-electron chi connectivity index (χ0n) is 20.6. The molecule has 3 aromatic carbocycles. The van der Waals surface area contributed by atoms with Crippen LogP contribution in [0.3, 0.4) is 0 Å². The van der Waals surface area contributed by atoms with Crippen molar-refractivity contribution in [2.24, 2.45) is 0 Å². The largest absolute Gasteiger partial charge is 0.352 e. The first-order valence-corrected chi connectivity index (χ1v) is 12.5. The van der Waals surface area contributed by atoms with E-state index in [0.717, 1.165) is 27.8 Å². The van der Waals surface area contributed by atoms with E-state index in [1.807, 2.05) is 76.2 Å². The van der Waals surface area contributed by atoms with Crippen LogP contribution in [0, 0.1) is 13.8 Å². The van der Waals surface area contributed by atoms with Crippen LogP contribution in [0.25, 0.3) is 0 Å². The topological polar surface area (TPSA) is 49.4 Å². The molecule has 1 atom stereocenters. The monoisotopic (exact) mass is 510 g/mol. The molecule has 4 nitrogen and oxygen atoms in total. The number of hydrogen-bond donors (Lipinski definition) is 1. The summed E-state index contributed by atoms with van der Waals surface area (Å²) in [4.78, 5) is 28.9. The molecule has 1 N–H and O–H groups in total. The summed E-state index contributed by atoms with van der Waals surface area (Å²) < 4.78 is 0. The summed E-state index contributed by atoms with van der Waals surface area (Å²) in [5.74, 6) is -0.307. The molecule has 6 heteroatoms. The normalized spacial score (nSPS) is 11.9. The van der Waals surface area contributed by atoms with E-state index in [1.165, 1.54) is 0 Å². The summed E-state index contributed by atoms with van der Waals surface area (Å²) >= 11 is 12.4. The number of hydrogen-bond acceptors (Lipinski definition) is 2. The zero-order valence-corrected chi connectivity index (χ0v) is 22.2. The molecule has 3 aromatic rings. The molecule has 0 saturated carbocycles. The number of amides is 2. The van der Waals surface area contributed by atoms with Crippen molar-refractivity contribution in [2.45, 2.75) is 59.2 Å². The highest BCUT2D eigenvalue weighted by atomic mass is 35.5. The molecule has 0 aromatic heterocycles. The fourth-order valence-electron chi connectivity index (χ4n) is 4.22. The van der Waals surface area contributed by atoms with Crippen LogP contribution >= 0.6 is 23.2 Å². The van der Waals surface area contributed by atoms with E-state index in [9.17, 15) is 9.59 Å². The van der Waals surface area contributed by atoms with Crippen molar-refractivity contribution >= 4 is 35.0 Å². The summed E-state index contributed by atoms with van der Waals surface area (Å²) in [6, 6.07) is 20.4. The van der Waals surface area contributed by atoms with E-state index in [1.54, 1.807) is 17.0 Å². The van der Waals surface area contributed by atoms with Crippen LogP contribution in [0.5, 0.6) is 0 Å². The van der Waals surface area contributed by atoms with Gasteiger partial charge < -0.3 is 10.2 Å². The summed E-state index contributed by atoms with van der Waals surface area (Å²) in [6.45, 7) is 8.10. The maximum atomic E-state index is 13.8. The molecule has 0 heterocycles. The van der Waals surface area contributed by atoms with Crippen LogP contribution in [0.15, 0.2) is 66.7 Å². The van der Waals surface area contributed by atoms with Gasteiger partial charge in [-0.3, -0.25) is 9.59 Å². The highest BCUT2D eigenvalue weighted by Crippen LogP contribution is 2.25. The quantitative estimate of drug-likeness (QED) is 0.366. The van der Waals surface area contributed by atoms with Gasteiger partial charge in [-0.15, -0.1) is 0 Å². The molecule has 0 bridgehead atoms. The van der Waals surface area contributed by atoms with E-state index < -0.39 is 6.04 Å². The molecule has 0 aliphatic rings. The van der Waals surface area contributed by atoms with Crippen LogP contribution in [-0.4, -0.2) is 28.8 Å². The van der Waals surface area contributed by atoms with Gasteiger partial charge in [-0.05, 0) is 56.5 Å². The molecule has 0 saturated heterocycles. The van der Waals surface area contributed by atoms with Gasteiger partial charge in [-0.25, -0.2) is 0 Å². The number of rotatable bonds is 9. The predicted molar refractivity (Wildman–Crippen MR) is 144 cm³/mol. The second-order valence-corrected chi connectivity index (χ2v) is 10.1. The van der Waals surface area contributed by atoms with Gasteiger partial charge >= 0.3 is 0 Å².